The Morgan fingerprint density at radius 3 is 2.86 bits per heavy atom. The van der Waals surface area contributed by atoms with Gasteiger partial charge in [-0.25, -0.2) is 0 Å². The van der Waals surface area contributed by atoms with Crippen LogP contribution in [0.5, 0.6) is 0 Å². The Labute approximate surface area is 126 Å². The summed E-state index contributed by atoms with van der Waals surface area (Å²) < 4.78 is 43.8. The minimum absolute atomic E-state index is 0.0889. The van der Waals surface area contributed by atoms with Crippen LogP contribution in [0, 0.1) is 0 Å². The fourth-order valence-electron chi connectivity index (χ4n) is 2.48. The number of carboxylic acid groups (broad SMARTS) is 1. The van der Waals surface area contributed by atoms with E-state index in [1.807, 2.05) is 4.90 Å². The predicted octanol–water partition coefficient (Wildman–Crippen LogP) is 2.94. The third kappa shape index (κ3) is 4.71. The molecule has 0 aliphatic carbocycles. The smallest absolute Gasteiger partial charge is 0.416 e. The van der Waals surface area contributed by atoms with Gasteiger partial charge in [-0.05, 0) is 30.7 Å². The van der Waals surface area contributed by atoms with Crippen LogP contribution < -0.4 is 0 Å². The molecule has 1 N–H and O–H groups in total. The van der Waals surface area contributed by atoms with Crippen molar-refractivity contribution in [2.75, 3.05) is 26.2 Å². The minimum atomic E-state index is -4.37. The Morgan fingerprint density at radius 1 is 1.41 bits per heavy atom. The number of hydrogen-bond donors (Lipinski definition) is 1. The molecule has 1 atom stereocenters. The second-order valence-electron chi connectivity index (χ2n) is 5.28. The molecule has 1 aromatic carbocycles. The first-order chi connectivity index (χ1) is 10.4. The molecule has 0 radical (unpaired) electrons. The average molecular weight is 317 g/mol. The van der Waals surface area contributed by atoms with Crippen molar-refractivity contribution in [3.05, 3.63) is 35.4 Å². The molecule has 1 fully saturated rings. The second kappa shape index (κ2) is 7.11. The molecule has 1 aliphatic heterocycles. The van der Waals surface area contributed by atoms with E-state index in [0.717, 1.165) is 12.1 Å². The zero-order chi connectivity index (χ0) is 16.2. The van der Waals surface area contributed by atoms with E-state index in [4.69, 9.17) is 9.84 Å². The number of alkyl halides is 3. The first-order valence-corrected chi connectivity index (χ1v) is 7.09. The van der Waals surface area contributed by atoms with Crippen LogP contribution in [0.15, 0.2) is 24.3 Å². The normalized spacial score (nSPS) is 20.0. The molecule has 1 saturated heterocycles. The van der Waals surface area contributed by atoms with Gasteiger partial charge in [0.05, 0.1) is 18.3 Å². The lowest BCUT2D eigenvalue weighted by molar-refractivity contribution is -0.138. The van der Waals surface area contributed by atoms with E-state index in [2.05, 4.69) is 0 Å². The van der Waals surface area contributed by atoms with Gasteiger partial charge in [-0.1, -0.05) is 12.1 Å². The van der Waals surface area contributed by atoms with E-state index in [-0.39, 0.29) is 6.42 Å². The summed E-state index contributed by atoms with van der Waals surface area (Å²) in [5, 5.41) is 8.63. The molecule has 122 valence electrons. The number of rotatable bonds is 5. The van der Waals surface area contributed by atoms with Gasteiger partial charge in [0.1, 0.15) is 0 Å². The van der Waals surface area contributed by atoms with Gasteiger partial charge in [0.15, 0.2) is 0 Å². The zero-order valence-electron chi connectivity index (χ0n) is 12.0. The fourth-order valence-corrected chi connectivity index (χ4v) is 2.48. The summed E-state index contributed by atoms with van der Waals surface area (Å²) in [5.74, 6) is -0.845. The van der Waals surface area contributed by atoms with Crippen molar-refractivity contribution in [3.8, 4) is 0 Å². The van der Waals surface area contributed by atoms with E-state index >= 15 is 0 Å². The first-order valence-electron chi connectivity index (χ1n) is 7.09. The topological polar surface area (TPSA) is 49.8 Å². The van der Waals surface area contributed by atoms with Crippen LogP contribution in [-0.4, -0.2) is 42.2 Å². The molecule has 0 unspecified atom stereocenters. The van der Waals surface area contributed by atoms with E-state index in [1.165, 1.54) is 6.07 Å². The molecular weight excluding hydrogens is 299 g/mol. The highest BCUT2D eigenvalue weighted by atomic mass is 19.4. The van der Waals surface area contributed by atoms with Gasteiger partial charge in [-0.3, -0.25) is 9.69 Å². The van der Waals surface area contributed by atoms with E-state index in [9.17, 15) is 18.0 Å². The quantitative estimate of drug-likeness (QED) is 0.907. The molecule has 7 heteroatoms. The van der Waals surface area contributed by atoms with Crippen LogP contribution in [0.3, 0.4) is 0 Å². The average Bonchev–Trinajstić information content (AvgIpc) is 2.46. The standard InChI is InChI=1S/C15H18F3NO3/c16-15(17,18)12-4-1-3-11(9-12)13-10-19(7-8-22-13)6-2-5-14(20)21/h1,3-4,9,13H,2,5-8,10H2,(H,20,21)/t13-/m1/s1. The van der Waals surface area contributed by atoms with Crippen molar-refractivity contribution < 1.29 is 27.8 Å². The van der Waals surface area contributed by atoms with Gasteiger partial charge in [0.2, 0.25) is 0 Å². The van der Waals surface area contributed by atoms with Gasteiger partial charge < -0.3 is 9.84 Å². The number of carboxylic acids is 1. The van der Waals surface area contributed by atoms with Gasteiger partial charge in [0, 0.05) is 19.5 Å². The van der Waals surface area contributed by atoms with Gasteiger partial charge in [-0.2, -0.15) is 13.2 Å². The largest absolute Gasteiger partial charge is 0.481 e. The van der Waals surface area contributed by atoms with Gasteiger partial charge >= 0.3 is 12.1 Å². The van der Waals surface area contributed by atoms with Crippen LogP contribution >= 0.6 is 0 Å². The fraction of sp³-hybridized carbons (Fsp3) is 0.533. The number of nitrogens with zero attached hydrogens (tertiary/aromatic N) is 1. The Hall–Kier alpha value is -1.60. The maximum atomic E-state index is 12.7. The number of ether oxygens (including phenoxy) is 1. The van der Waals surface area contributed by atoms with Crippen molar-refractivity contribution in [3.63, 3.8) is 0 Å². The van der Waals surface area contributed by atoms with Crippen molar-refractivity contribution in [1.82, 2.24) is 4.90 Å². The number of benzene rings is 1. The van der Waals surface area contributed by atoms with E-state index < -0.39 is 23.8 Å². The highest BCUT2D eigenvalue weighted by molar-refractivity contribution is 5.66. The Kier molecular flexibility index (Phi) is 5.42. The summed E-state index contributed by atoms with van der Waals surface area (Å²) in [5.41, 5.74) is -0.186. The molecule has 2 rings (SSSR count). The highest BCUT2D eigenvalue weighted by Crippen LogP contribution is 2.32. The van der Waals surface area contributed by atoms with Crippen LogP contribution in [0.1, 0.15) is 30.1 Å². The molecule has 4 nitrogen and oxygen atoms in total. The van der Waals surface area contributed by atoms with Crippen molar-refractivity contribution >= 4 is 5.97 Å². The lowest BCUT2D eigenvalue weighted by atomic mass is 10.0. The molecule has 0 amide bonds. The predicted molar refractivity (Wildman–Crippen MR) is 73.4 cm³/mol. The molecular formula is C15H18F3NO3. The molecule has 0 bridgehead atoms. The number of halogens is 3. The minimum Gasteiger partial charge on any atom is -0.481 e. The third-order valence-corrected chi connectivity index (χ3v) is 3.60. The van der Waals surface area contributed by atoms with Crippen LogP contribution in [0.25, 0.3) is 0 Å². The summed E-state index contributed by atoms with van der Waals surface area (Å²) in [6.07, 6.45) is -4.18. The number of morpholine rings is 1. The lowest BCUT2D eigenvalue weighted by Crippen LogP contribution is -2.39. The van der Waals surface area contributed by atoms with Gasteiger partial charge in [-0.15, -0.1) is 0 Å². The highest BCUT2D eigenvalue weighted by Gasteiger charge is 2.31. The maximum absolute atomic E-state index is 12.7. The first kappa shape index (κ1) is 16.8. The molecule has 0 spiro atoms. The maximum Gasteiger partial charge on any atom is 0.416 e. The lowest BCUT2D eigenvalue weighted by Gasteiger charge is -2.33. The summed E-state index contributed by atoms with van der Waals surface area (Å²) >= 11 is 0. The van der Waals surface area contributed by atoms with Crippen molar-refractivity contribution in [1.29, 1.82) is 0 Å². The van der Waals surface area contributed by atoms with E-state index in [1.54, 1.807) is 6.07 Å². The summed E-state index contributed by atoms with van der Waals surface area (Å²) in [6.45, 7) is 2.16. The van der Waals surface area contributed by atoms with Crippen LogP contribution in [0.2, 0.25) is 0 Å². The molecule has 22 heavy (non-hydrogen) atoms. The van der Waals surface area contributed by atoms with Crippen molar-refractivity contribution in [2.24, 2.45) is 0 Å². The molecule has 1 aliphatic rings. The molecule has 1 aromatic rings. The molecule has 1 heterocycles. The Balaban J connectivity index is 1.98. The summed E-state index contributed by atoms with van der Waals surface area (Å²) in [6, 6.07) is 5.16. The van der Waals surface area contributed by atoms with Crippen LogP contribution in [0.4, 0.5) is 13.2 Å². The summed E-state index contributed by atoms with van der Waals surface area (Å²) in [7, 11) is 0. The second-order valence-corrected chi connectivity index (χ2v) is 5.28. The number of hydrogen-bond acceptors (Lipinski definition) is 3. The van der Waals surface area contributed by atoms with Crippen molar-refractivity contribution in [2.45, 2.75) is 25.1 Å². The van der Waals surface area contributed by atoms with Gasteiger partial charge in [0.25, 0.3) is 0 Å². The monoisotopic (exact) mass is 317 g/mol. The zero-order valence-corrected chi connectivity index (χ0v) is 12.0. The van der Waals surface area contributed by atoms with Crippen LogP contribution in [-0.2, 0) is 15.7 Å². The summed E-state index contributed by atoms with van der Waals surface area (Å²) in [4.78, 5) is 12.5. The third-order valence-electron chi connectivity index (χ3n) is 3.60. The molecule has 0 saturated carbocycles. The van der Waals surface area contributed by atoms with E-state index in [0.29, 0.717) is 38.2 Å². The Bertz CT molecular complexity index is 519. The number of aliphatic carboxylic acids is 1. The molecule has 0 aromatic heterocycles. The SMILES string of the molecule is O=C(O)CCCN1CCO[C@@H](c2cccc(C(F)(F)F)c2)C1. The number of carbonyl (C=O) groups is 1. The Morgan fingerprint density at radius 2 is 2.18 bits per heavy atom.